The molecule has 2 N–H and O–H groups in total. The first kappa shape index (κ1) is 30.1. The second kappa shape index (κ2) is 11.4. The highest BCUT2D eigenvalue weighted by molar-refractivity contribution is 7.26. The fraction of sp³-hybridized carbons (Fsp3) is 0.0833. The first-order chi connectivity index (χ1) is 25.0. The van der Waals surface area contributed by atoms with Crippen LogP contribution in [-0.2, 0) is 5.41 Å². The van der Waals surface area contributed by atoms with Crippen LogP contribution in [0.2, 0.25) is 0 Å². The van der Waals surface area contributed by atoms with E-state index in [1.165, 1.54) is 86.1 Å². The lowest BCUT2D eigenvalue weighted by Crippen LogP contribution is -2.15. The SMILES string of the molecule is CC1(C)c2ccccc2-c2c1c1ccccc1c1c2c2ccccc2n1/C=C/C(=C\CN)c1cccc(-c2cccc3c2sc2ccccc23)c1. The second-order valence-electron chi connectivity index (χ2n) is 14.1. The van der Waals surface area contributed by atoms with E-state index in [1.807, 2.05) is 11.3 Å². The monoisotopic (exact) mass is 672 g/mol. The van der Waals surface area contributed by atoms with Gasteiger partial charge in [-0.25, -0.2) is 0 Å². The van der Waals surface area contributed by atoms with Gasteiger partial charge in [-0.05, 0) is 74.2 Å². The van der Waals surface area contributed by atoms with Crippen molar-refractivity contribution in [3.05, 3.63) is 168 Å². The molecule has 9 aromatic rings. The van der Waals surface area contributed by atoms with Crippen molar-refractivity contribution in [3.63, 3.8) is 0 Å². The van der Waals surface area contributed by atoms with Crippen molar-refractivity contribution in [2.45, 2.75) is 19.3 Å². The highest BCUT2D eigenvalue weighted by atomic mass is 32.1. The summed E-state index contributed by atoms with van der Waals surface area (Å²) in [5.41, 5.74) is 18.8. The largest absolute Gasteiger partial charge is 0.327 e. The van der Waals surface area contributed by atoms with Crippen LogP contribution in [0.1, 0.15) is 30.5 Å². The molecule has 10 rings (SSSR count). The van der Waals surface area contributed by atoms with Crippen LogP contribution < -0.4 is 5.73 Å². The summed E-state index contributed by atoms with van der Waals surface area (Å²) in [6.45, 7) is 5.22. The maximum atomic E-state index is 6.25. The maximum Gasteiger partial charge on any atom is 0.0619 e. The number of allylic oxidation sites excluding steroid dienone is 2. The van der Waals surface area contributed by atoms with Crippen molar-refractivity contribution in [2.75, 3.05) is 6.54 Å². The molecule has 7 aromatic carbocycles. The van der Waals surface area contributed by atoms with Crippen molar-refractivity contribution in [3.8, 4) is 22.3 Å². The Hall–Kier alpha value is -5.74. The average Bonchev–Trinajstić information content (AvgIpc) is 3.79. The number of rotatable bonds is 5. The first-order valence-corrected chi connectivity index (χ1v) is 18.5. The number of thiophene rings is 1. The summed E-state index contributed by atoms with van der Waals surface area (Å²) in [6.07, 6.45) is 6.65. The summed E-state index contributed by atoms with van der Waals surface area (Å²) in [4.78, 5) is 0. The molecule has 0 atom stereocenters. The molecule has 0 unspecified atom stereocenters. The molecule has 1 aliphatic rings. The molecule has 244 valence electrons. The summed E-state index contributed by atoms with van der Waals surface area (Å²) < 4.78 is 5.05. The van der Waals surface area contributed by atoms with Crippen LogP contribution in [0, 0.1) is 0 Å². The smallest absolute Gasteiger partial charge is 0.0619 e. The van der Waals surface area contributed by atoms with Crippen LogP contribution in [0.3, 0.4) is 0 Å². The third-order valence-corrected chi connectivity index (χ3v) is 12.2. The lowest BCUT2D eigenvalue weighted by Gasteiger charge is -2.23. The van der Waals surface area contributed by atoms with Crippen LogP contribution >= 0.6 is 11.3 Å². The van der Waals surface area contributed by atoms with Crippen molar-refractivity contribution < 1.29 is 0 Å². The van der Waals surface area contributed by atoms with Gasteiger partial charge in [0.2, 0.25) is 0 Å². The van der Waals surface area contributed by atoms with Crippen LogP contribution in [-0.4, -0.2) is 11.1 Å². The van der Waals surface area contributed by atoms with E-state index in [4.69, 9.17) is 5.73 Å². The first-order valence-electron chi connectivity index (χ1n) is 17.7. The zero-order valence-corrected chi connectivity index (χ0v) is 29.5. The molecular weight excluding hydrogens is 637 g/mol. The molecule has 0 saturated carbocycles. The Kier molecular flexibility index (Phi) is 6.73. The molecule has 0 saturated heterocycles. The number of hydrogen-bond acceptors (Lipinski definition) is 2. The highest BCUT2D eigenvalue weighted by Gasteiger charge is 2.39. The van der Waals surface area contributed by atoms with E-state index in [-0.39, 0.29) is 5.41 Å². The van der Waals surface area contributed by atoms with Crippen molar-refractivity contribution >= 4 is 75.9 Å². The molecule has 2 nitrogen and oxygen atoms in total. The van der Waals surface area contributed by atoms with Gasteiger partial charge < -0.3 is 10.3 Å². The van der Waals surface area contributed by atoms with Gasteiger partial charge in [0, 0.05) is 54.5 Å². The molecule has 0 bridgehead atoms. The number of para-hydroxylation sites is 1. The third-order valence-electron chi connectivity index (χ3n) is 11.0. The third kappa shape index (κ3) is 4.39. The van der Waals surface area contributed by atoms with Crippen LogP contribution in [0.4, 0.5) is 0 Å². The van der Waals surface area contributed by atoms with Crippen molar-refractivity contribution in [1.29, 1.82) is 0 Å². The van der Waals surface area contributed by atoms with E-state index < -0.39 is 0 Å². The molecule has 51 heavy (non-hydrogen) atoms. The topological polar surface area (TPSA) is 30.9 Å². The summed E-state index contributed by atoms with van der Waals surface area (Å²) in [6, 6.07) is 51.1. The van der Waals surface area contributed by atoms with Crippen molar-refractivity contribution in [2.24, 2.45) is 5.73 Å². The molecule has 0 aliphatic heterocycles. The van der Waals surface area contributed by atoms with Gasteiger partial charge in [-0.3, -0.25) is 0 Å². The van der Waals surface area contributed by atoms with E-state index in [0.717, 1.165) is 11.1 Å². The van der Waals surface area contributed by atoms with Gasteiger partial charge in [0.25, 0.3) is 0 Å². The molecule has 0 fully saturated rings. The lowest BCUT2D eigenvalue weighted by atomic mass is 9.79. The zero-order chi connectivity index (χ0) is 34.3. The Bertz CT molecular complexity index is 2930. The van der Waals surface area contributed by atoms with E-state index in [9.17, 15) is 0 Å². The summed E-state index contributed by atoms with van der Waals surface area (Å²) in [5.74, 6) is 0. The Morgan fingerprint density at radius 3 is 2.24 bits per heavy atom. The molecule has 2 aromatic heterocycles. The van der Waals surface area contributed by atoms with Gasteiger partial charge in [-0.1, -0.05) is 141 Å². The molecule has 2 heterocycles. The quantitative estimate of drug-likeness (QED) is 0.181. The molecular formula is C48H36N2S. The number of nitrogens with two attached hydrogens (primary N) is 1. The Balaban J connectivity index is 1.18. The minimum absolute atomic E-state index is 0.110. The summed E-state index contributed by atoms with van der Waals surface area (Å²) in [5, 5.41) is 7.82. The molecule has 0 spiro atoms. The van der Waals surface area contributed by atoms with Crippen LogP contribution in [0.25, 0.3) is 86.8 Å². The average molecular weight is 673 g/mol. The predicted molar refractivity (Wildman–Crippen MR) is 222 cm³/mol. The lowest BCUT2D eigenvalue weighted by molar-refractivity contribution is 0.666. The van der Waals surface area contributed by atoms with Crippen LogP contribution in [0.15, 0.2) is 152 Å². The molecule has 1 aliphatic carbocycles. The normalized spacial score (nSPS) is 14.1. The zero-order valence-electron chi connectivity index (χ0n) is 28.7. The molecule has 3 heteroatoms. The minimum atomic E-state index is -0.110. The van der Waals surface area contributed by atoms with Gasteiger partial charge >= 0.3 is 0 Å². The second-order valence-corrected chi connectivity index (χ2v) is 15.2. The number of benzene rings is 7. The minimum Gasteiger partial charge on any atom is -0.327 e. The highest BCUT2D eigenvalue weighted by Crippen LogP contribution is 2.56. The number of hydrogen-bond donors (Lipinski definition) is 1. The summed E-state index contributed by atoms with van der Waals surface area (Å²) >= 11 is 1.87. The van der Waals surface area contributed by atoms with Gasteiger partial charge in [-0.15, -0.1) is 11.3 Å². The molecule has 0 radical (unpaired) electrons. The van der Waals surface area contributed by atoms with Gasteiger partial charge in [0.05, 0.1) is 11.0 Å². The summed E-state index contributed by atoms with van der Waals surface area (Å²) in [7, 11) is 0. The number of nitrogens with zero attached hydrogens (tertiary/aromatic N) is 1. The van der Waals surface area contributed by atoms with E-state index in [2.05, 4.69) is 176 Å². The maximum absolute atomic E-state index is 6.25. The number of aromatic nitrogens is 1. The molecule has 0 amide bonds. The number of fused-ring (bicyclic) bond motifs is 13. The van der Waals surface area contributed by atoms with Gasteiger partial charge in [0.15, 0.2) is 0 Å². The van der Waals surface area contributed by atoms with E-state index in [1.54, 1.807) is 0 Å². The van der Waals surface area contributed by atoms with Crippen LogP contribution in [0.5, 0.6) is 0 Å². The van der Waals surface area contributed by atoms with E-state index >= 15 is 0 Å². The van der Waals surface area contributed by atoms with Gasteiger partial charge in [0.1, 0.15) is 0 Å². The predicted octanol–water partition coefficient (Wildman–Crippen LogP) is 12.8. The fourth-order valence-electron chi connectivity index (χ4n) is 8.81. The Labute approximate surface area is 301 Å². The Morgan fingerprint density at radius 2 is 1.37 bits per heavy atom. The van der Waals surface area contributed by atoms with Crippen molar-refractivity contribution in [1.82, 2.24) is 4.57 Å². The Morgan fingerprint density at radius 1 is 0.686 bits per heavy atom. The fourth-order valence-corrected chi connectivity index (χ4v) is 10.0. The standard InChI is InChI=1S/C48H36N2S/c1-48(2)40-22-8-5-18-38(40)43-44-39-19-6-9-23-41(39)50(46(44)36-17-4-3-16-35(36)45(43)48)28-26-30(25-27-49)31-13-11-14-32(29-31)33-20-12-21-37-34-15-7-10-24-42(34)51-47(33)37/h3-26,28-29H,27,49H2,1-2H3/b28-26+,30-25+. The van der Waals surface area contributed by atoms with Gasteiger partial charge in [-0.2, -0.15) is 0 Å². The van der Waals surface area contributed by atoms with E-state index in [0.29, 0.717) is 6.54 Å².